The van der Waals surface area contributed by atoms with E-state index in [2.05, 4.69) is 26.0 Å². The lowest BCUT2D eigenvalue weighted by molar-refractivity contribution is -0.121. The number of hydrogen-bond acceptors (Lipinski definition) is 3. The number of nitrogens with one attached hydrogen (secondary N) is 3. The minimum atomic E-state index is -0.249. The number of nitrogens with zero attached hydrogens (tertiary/aromatic N) is 3. The number of benzene rings is 1. The SMILES string of the molecule is CCNC(=NCc1cccc(-n2cccn2)c1)NCC(=O)NC(C)(C)C.I. The van der Waals surface area contributed by atoms with Gasteiger partial charge in [0.25, 0.3) is 0 Å². The molecule has 1 aromatic heterocycles. The Kier molecular flexibility index (Phi) is 9.27. The molecule has 0 fully saturated rings. The highest BCUT2D eigenvalue weighted by Gasteiger charge is 2.13. The third-order valence-electron chi connectivity index (χ3n) is 3.37. The van der Waals surface area contributed by atoms with E-state index in [-0.39, 0.29) is 42.0 Å². The van der Waals surface area contributed by atoms with E-state index in [9.17, 15) is 4.79 Å². The van der Waals surface area contributed by atoms with Crippen molar-refractivity contribution < 1.29 is 4.79 Å². The van der Waals surface area contributed by atoms with Gasteiger partial charge >= 0.3 is 0 Å². The summed E-state index contributed by atoms with van der Waals surface area (Å²) in [5.41, 5.74) is 1.81. The normalized spacial score (nSPS) is 11.5. The zero-order valence-corrected chi connectivity index (χ0v) is 18.7. The molecule has 0 aliphatic carbocycles. The smallest absolute Gasteiger partial charge is 0.239 e. The Hall–Kier alpha value is -2.10. The first-order chi connectivity index (χ1) is 12.4. The zero-order valence-electron chi connectivity index (χ0n) is 16.3. The van der Waals surface area contributed by atoms with Gasteiger partial charge < -0.3 is 16.0 Å². The van der Waals surface area contributed by atoms with Gasteiger partial charge in [0.2, 0.25) is 5.91 Å². The van der Waals surface area contributed by atoms with Crippen molar-refractivity contribution in [2.45, 2.75) is 39.8 Å². The molecule has 7 nitrogen and oxygen atoms in total. The van der Waals surface area contributed by atoms with E-state index < -0.39 is 0 Å². The molecule has 1 aromatic carbocycles. The highest BCUT2D eigenvalue weighted by atomic mass is 127. The summed E-state index contributed by atoms with van der Waals surface area (Å²) in [4.78, 5) is 16.5. The molecule has 3 N–H and O–H groups in total. The minimum Gasteiger partial charge on any atom is -0.357 e. The van der Waals surface area contributed by atoms with Crippen LogP contribution in [0.4, 0.5) is 0 Å². The van der Waals surface area contributed by atoms with Crippen LogP contribution in [0, 0.1) is 0 Å². The fourth-order valence-electron chi connectivity index (χ4n) is 2.36. The summed E-state index contributed by atoms with van der Waals surface area (Å²) >= 11 is 0. The highest BCUT2D eigenvalue weighted by molar-refractivity contribution is 14.0. The molecule has 0 atom stereocenters. The van der Waals surface area contributed by atoms with Gasteiger partial charge in [-0.05, 0) is 51.5 Å². The van der Waals surface area contributed by atoms with Gasteiger partial charge in [0, 0.05) is 24.5 Å². The molecule has 27 heavy (non-hydrogen) atoms. The molecule has 0 radical (unpaired) electrons. The maximum Gasteiger partial charge on any atom is 0.239 e. The molecule has 148 valence electrons. The summed E-state index contributed by atoms with van der Waals surface area (Å²) in [7, 11) is 0. The molecule has 1 heterocycles. The van der Waals surface area contributed by atoms with Gasteiger partial charge in [0.15, 0.2) is 5.96 Å². The Morgan fingerprint density at radius 1 is 1.22 bits per heavy atom. The number of rotatable bonds is 6. The third kappa shape index (κ3) is 8.42. The van der Waals surface area contributed by atoms with Crippen LogP contribution in [0.3, 0.4) is 0 Å². The molecule has 0 unspecified atom stereocenters. The summed E-state index contributed by atoms with van der Waals surface area (Å²) in [6.45, 7) is 9.26. The standard InChI is InChI=1S/C19H28N6O.HI/c1-5-20-18(22-14-17(26)24-19(2,3)4)21-13-15-8-6-9-16(12-15)25-11-7-10-23-25;/h6-12H,5,13-14H2,1-4H3,(H,24,26)(H2,20,21,22);1H. The van der Waals surface area contributed by atoms with E-state index >= 15 is 0 Å². The summed E-state index contributed by atoms with van der Waals surface area (Å²) in [5.74, 6) is 0.546. The molecule has 2 aromatic rings. The first-order valence-electron chi connectivity index (χ1n) is 8.79. The monoisotopic (exact) mass is 484 g/mol. The van der Waals surface area contributed by atoms with Crippen LogP contribution in [0.25, 0.3) is 5.69 Å². The first-order valence-corrected chi connectivity index (χ1v) is 8.79. The van der Waals surface area contributed by atoms with Gasteiger partial charge in [0.1, 0.15) is 0 Å². The lowest BCUT2D eigenvalue weighted by atomic mass is 10.1. The fraction of sp³-hybridized carbons (Fsp3) is 0.421. The summed E-state index contributed by atoms with van der Waals surface area (Å²) in [6, 6.07) is 9.94. The van der Waals surface area contributed by atoms with Crippen LogP contribution in [-0.2, 0) is 11.3 Å². The Bertz CT molecular complexity index is 737. The zero-order chi connectivity index (χ0) is 19.0. The van der Waals surface area contributed by atoms with E-state index in [4.69, 9.17) is 0 Å². The molecule has 0 bridgehead atoms. The molecule has 0 spiro atoms. The second-order valence-electron chi connectivity index (χ2n) is 6.97. The van der Waals surface area contributed by atoms with Crippen molar-refractivity contribution in [3.63, 3.8) is 0 Å². The summed E-state index contributed by atoms with van der Waals surface area (Å²) < 4.78 is 1.81. The number of aliphatic imine (C=N–C) groups is 1. The number of carbonyl (C=O) groups excluding carboxylic acids is 1. The van der Waals surface area contributed by atoms with Crippen LogP contribution in [0.2, 0.25) is 0 Å². The van der Waals surface area contributed by atoms with Crippen molar-refractivity contribution >= 4 is 35.8 Å². The second-order valence-corrected chi connectivity index (χ2v) is 6.97. The predicted octanol–water partition coefficient (Wildman–Crippen LogP) is 2.46. The van der Waals surface area contributed by atoms with Gasteiger partial charge in [-0.2, -0.15) is 5.10 Å². The number of amides is 1. The van der Waals surface area contributed by atoms with Crippen LogP contribution in [0.15, 0.2) is 47.7 Å². The first kappa shape index (κ1) is 22.9. The Balaban J connectivity index is 0.00000364. The van der Waals surface area contributed by atoms with Crippen molar-refractivity contribution in [3.05, 3.63) is 48.3 Å². The van der Waals surface area contributed by atoms with Crippen LogP contribution in [0.1, 0.15) is 33.3 Å². The molecular weight excluding hydrogens is 455 g/mol. The van der Waals surface area contributed by atoms with Gasteiger partial charge in [-0.1, -0.05) is 12.1 Å². The Morgan fingerprint density at radius 2 is 2.00 bits per heavy atom. The number of carbonyl (C=O) groups is 1. The molecule has 8 heteroatoms. The minimum absolute atomic E-state index is 0. The molecule has 2 rings (SSSR count). The molecule has 0 aliphatic rings. The van der Waals surface area contributed by atoms with Gasteiger partial charge in [-0.25, -0.2) is 9.67 Å². The number of hydrogen-bond donors (Lipinski definition) is 3. The van der Waals surface area contributed by atoms with Crippen molar-refractivity contribution in [1.82, 2.24) is 25.7 Å². The van der Waals surface area contributed by atoms with Crippen LogP contribution in [-0.4, -0.2) is 40.3 Å². The summed E-state index contributed by atoms with van der Waals surface area (Å²) in [5, 5.41) is 13.4. The van der Waals surface area contributed by atoms with Gasteiger partial charge in [0.05, 0.1) is 18.8 Å². The molecule has 0 saturated heterocycles. The topological polar surface area (TPSA) is 83.3 Å². The molecule has 0 saturated carbocycles. The van der Waals surface area contributed by atoms with Crippen molar-refractivity contribution in [1.29, 1.82) is 0 Å². The number of aromatic nitrogens is 2. The lowest BCUT2D eigenvalue weighted by Gasteiger charge is -2.21. The van der Waals surface area contributed by atoms with E-state index in [1.54, 1.807) is 6.20 Å². The largest absolute Gasteiger partial charge is 0.357 e. The average molecular weight is 484 g/mol. The van der Waals surface area contributed by atoms with Crippen LogP contribution < -0.4 is 16.0 Å². The Morgan fingerprint density at radius 3 is 2.63 bits per heavy atom. The number of halogens is 1. The third-order valence-corrected chi connectivity index (χ3v) is 3.37. The predicted molar refractivity (Wildman–Crippen MR) is 120 cm³/mol. The summed E-state index contributed by atoms with van der Waals surface area (Å²) in [6.07, 6.45) is 3.66. The molecule has 1 amide bonds. The highest BCUT2D eigenvalue weighted by Crippen LogP contribution is 2.10. The van der Waals surface area contributed by atoms with Crippen LogP contribution in [0.5, 0.6) is 0 Å². The maximum atomic E-state index is 12.0. The van der Waals surface area contributed by atoms with Crippen molar-refractivity contribution in [3.8, 4) is 5.69 Å². The van der Waals surface area contributed by atoms with E-state index in [0.29, 0.717) is 12.5 Å². The Labute approximate surface area is 178 Å². The lowest BCUT2D eigenvalue weighted by Crippen LogP contribution is -2.48. The number of guanidine groups is 1. The van der Waals surface area contributed by atoms with Crippen molar-refractivity contribution in [2.75, 3.05) is 13.1 Å². The van der Waals surface area contributed by atoms with Crippen LogP contribution >= 0.6 is 24.0 Å². The van der Waals surface area contributed by atoms with Gasteiger partial charge in [-0.3, -0.25) is 4.79 Å². The molecule has 0 aliphatic heterocycles. The second kappa shape index (κ2) is 10.9. The maximum absolute atomic E-state index is 12.0. The van der Waals surface area contributed by atoms with E-state index in [1.807, 2.05) is 68.9 Å². The van der Waals surface area contributed by atoms with Gasteiger partial charge in [-0.15, -0.1) is 24.0 Å². The average Bonchev–Trinajstić information content (AvgIpc) is 3.11. The van der Waals surface area contributed by atoms with E-state index in [0.717, 1.165) is 17.8 Å². The molecular formula is C19H29IN6O. The quantitative estimate of drug-likeness (QED) is 0.334. The fourth-order valence-corrected chi connectivity index (χ4v) is 2.36. The van der Waals surface area contributed by atoms with Crippen molar-refractivity contribution in [2.24, 2.45) is 4.99 Å². The van der Waals surface area contributed by atoms with E-state index in [1.165, 1.54) is 0 Å².